The molecule has 0 atom stereocenters. The van der Waals surface area contributed by atoms with Crippen LogP contribution in [-0.4, -0.2) is 17.1 Å². The molecule has 0 unspecified atom stereocenters. The lowest BCUT2D eigenvalue weighted by atomic mass is 10.2. The molecule has 2 aromatic rings. The Bertz CT molecular complexity index is 516. The summed E-state index contributed by atoms with van der Waals surface area (Å²) in [7, 11) is 2.00. The minimum atomic E-state index is -0.0363. The summed E-state index contributed by atoms with van der Waals surface area (Å²) in [6, 6.07) is 9.62. The summed E-state index contributed by atoms with van der Waals surface area (Å²) >= 11 is 6.08. The van der Waals surface area contributed by atoms with Gasteiger partial charge in [0.1, 0.15) is 0 Å². The molecule has 0 amide bonds. The number of benzene rings is 1. The second-order valence-electron chi connectivity index (χ2n) is 4.15. The molecule has 0 bridgehead atoms. The number of hydrogen-bond donors (Lipinski definition) is 1. The zero-order valence-corrected chi connectivity index (χ0v) is 10.9. The minimum absolute atomic E-state index is 0.0363. The zero-order chi connectivity index (χ0) is 13.0. The third kappa shape index (κ3) is 3.00. The monoisotopic (exact) mass is 262 g/mol. The molecule has 4 heteroatoms. The number of nitrogens with zero attached hydrogens (tertiary/aromatic N) is 2. The Balaban J connectivity index is 2.14. The van der Waals surface area contributed by atoms with Crippen LogP contribution in [0.2, 0.25) is 5.02 Å². The summed E-state index contributed by atoms with van der Waals surface area (Å²) in [6.07, 6.45) is 3.61. The first kappa shape index (κ1) is 12.9. The highest BCUT2D eigenvalue weighted by Crippen LogP contribution is 2.24. The highest BCUT2D eigenvalue weighted by molar-refractivity contribution is 6.31. The maximum atomic E-state index is 9.08. The molecule has 0 aliphatic carbocycles. The van der Waals surface area contributed by atoms with Crippen molar-refractivity contribution in [1.82, 2.24) is 4.98 Å². The van der Waals surface area contributed by atoms with E-state index in [0.29, 0.717) is 5.02 Å². The Morgan fingerprint density at radius 2 is 2.17 bits per heavy atom. The van der Waals surface area contributed by atoms with Gasteiger partial charge in [-0.1, -0.05) is 23.7 Å². The highest BCUT2D eigenvalue weighted by atomic mass is 35.5. The van der Waals surface area contributed by atoms with Crippen LogP contribution in [0.25, 0.3) is 0 Å². The van der Waals surface area contributed by atoms with E-state index in [2.05, 4.69) is 9.88 Å². The van der Waals surface area contributed by atoms with Gasteiger partial charge >= 0.3 is 0 Å². The lowest BCUT2D eigenvalue weighted by Crippen LogP contribution is -2.16. The molecule has 0 aliphatic rings. The van der Waals surface area contributed by atoms with E-state index in [-0.39, 0.29) is 6.61 Å². The van der Waals surface area contributed by atoms with Gasteiger partial charge < -0.3 is 10.0 Å². The van der Waals surface area contributed by atoms with Crippen molar-refractivity contribution in [3.63, 3.8) is 0 Å². The number of aromatic nitrogens is 1. The molecule has 1 heterocycles. The molecular formula is C14H15ClN2O. The van der Waals surface area contributed by atoms with E-state index < -0.39 is 0 Å². The minimum Gasteiger partial charge on any atom is -0.392 e. The van der Waals surface area contributed by atoms with Gasteiger partial charge in [-0.15, -0.1) is 0 Å². The number of pyridine rings is 1. The van der Waals surface area contributed by atoms with Crippen molar-refractivity contribution >= 4 is 17.3 Å². The highest BCUT2D eigenvalue weighted by Gasteiger charge is 2.05. The van der Waals surface area contributed by atoms with Crippen molar-refractivity contribution in [3.8, 4) is 0 Å². The van der Waals surface area contributed by atoms with E-state index in [1.807, 2.05) is 43.6 Å². The van der Waals surface area contributed by atoms with Crippen molar-refractivity contribution < 1.29 is 5.11 Å². The number of aliphatic hydroxyl groups is 1. The van der Waals surface area contributed by atoms with Crippen molar-refractivity contribution in [2.45, 2.75) is 13.2 Å². The molecule has 3 nitrogen and oxygen atoms in total. The summed E-state index contributed by atoms with van der Waals surface area (Å²) in [5.74, 6) is 0. The quantitative estimate of drug-likeness (QED) is 0.921. The van der Waals surface area contributed by atoms with Crippen LogP contribution in [0.1, 0.15) is 11.1 Å². The summed E-state index contributed by atoms with van der Waals surface area (Å²) in [5.41, 5.74) is 2.90. The van der Waals surface area contributed by atoms with Crippen molar-refractivity contribution in [3.05, 3.63) is 58.9 Å². The Kier molecular flexibility index (Phi) is 4.18. The van der Waals surface area contributed by atoms with E-state index in [0.717, 1.165) is 23.4 Å². The van der Waals surface area contributed by atoms with E-state index in [1.165, 1.54) is 0 Å². The molecule has 0 radical (unpaired) electrons. The predicted molar refractivity (Wildman–Crippen MR) is 73.7 cm³/mol. The molecule has 0 aliphatic heterocycles. The lowest BCUT2D eigenvalue weighted by Gasteiger charge is -2.20. The Hall–Kier alpha value is -1.58. The average Bonchev–Trinajstić information content (AvgIpc) is 2.39. The Labute approximate surface area is 112 Å². The smallest absolute Gasteiger partial charge is 0.0696 e. The molecule has 1 aromatic carbocycles. The summed E-state index contributed by atoms with van der Waals surface area (Å²) in [5, 5.41) is 9.67. The molecule has 0 saturated carbocycles. The molecule has 2 rings (SSSR count). The molecule has 94 valence electrons. The zero-order valence-electron chi connectivity index (χ0n) is 10.2. The molecule has 18 heavy (non-hydrogen) atoms. The second-order valence-corrected chi connectivity index (χ2v) is 4.56. The normalized spacial score (nSPS) is 10.4. The topological polar surface area (TPSA) is 36.4 Å². The Morgan fingerprint density at radius 1 is 1.33 bits per heavy atom. The number of rotatable bonds is 4. The van der Waals surface area contributed by atoms with Crippen LogP contribution in [0.4, 0.5) is 5.69 Å². The first-order chi connectivity index (χ1) is 8.70. The van der Waals surface area contributed by atoms with Crippen molar-refractivity contribution in [1.29, 1.82) is 0 Å². The predicted octanol–water partition coefficient (Wildman–Crippen LogP) is 2.86. The van der Waals surface area contributed by atoms with Crippen LogP contribution in [0, 0.1) is 0 Å². The number of aliphatic hydroxyl groups excluding tert-OH is 1. The maximum Gasteiger partial charge on any atom is 0.0696 e. The maximum absolute atomic E-state index is 9.08. The van der Waals surface area contributed by atoms with E-state index in [9.17, 15) is 0 Å². The van der Waals surface area contributed by atoms with Crippen LogP contribution in [-0.2, 0) is 13.2 Å². The molecule has 0 spiro atoms. The largest absolute Gasteiger partial charge is 0.392 e. The molecular weight excluding hydrogens is 248 g/mol. The fraction of sp³-hybridized carbons (Fsp3) is 0.214. The van der Waals surface area contributed by atoms with Gasteiger partial charge in [-0.25, -0.2) is 0 Å². The number of halogens is 1. The second kappa shape index (κ2) is 5.85. The van der Waals surface area contributed by atoms with Crippen molar-refractivity contribution in [2.75, 3.05) is 11.9 Å². The molecule has 1 N–H and O–H groups in total. The van der Waals surface area contributed by atoms with Crippen molar-refractivity contribution in [2.24, 2.45) is 0 Å². The molecule has 0 fully saturated rings. The van der Waals surface area contributed by atoms with E-state index in [4.69, 9.17) is 16.7 Å². The summed E-state index contributed by atoms with van der Waals surface area (Å²) in [6.45, 7) is 0.730. The third-order valence-corrected chi connectivity index (χ3v) is 3.14. The fourth-order valence-corrected chi connectivity index (χ4v) is 1.99. The van der Waals surface area contributed by atoms with Crippen LogP contribution in [0.3, 0.4) is 0 Å². The van der Waals surface area contributed by atoms with Gasteiger partial charge in [0.05, 0.1) is 6.61 Å². The van der Waals surface area contributed by atoms with E-state index in [1.54, 1.807) is 6.20 Å². The number of hydrogen-bond acceptors (Lipinski definition) is 3. The standard InChI is InChI=1S/C14H15ClN2O/c1-17(9-11-3-2-6-16-8-11)13-5-4-12(10-18)14(15)7-13/h2-8,18H,9-10H2,1H3. The molecule has 0 saturated heterocycles. The van der Waals surface area contributed by atoms with E-state index >= 15 is 0 Å². The van der Waals surface area contributed by atoms with Gasteiger partial charge in [0.25, 0.3) is 0 Å². The first-order valence-corrected chi connectivity index (χ1v) is 6.08. The summed E-state index contributed by atoms with van der Waals surface area (Å²) in [4.78, 5) is 6.18. The van der Waals surface area contributed by atoms with Gasteiger partial charge in [0, 0.05) is 36.7 Å². The fourth-order valence-electron chi connectivity index (χ4n) is 1.76. The molecule has 1 aromatic heterocycles. The first-order valence-electron chi connectivity index (χ1n) is 5.70. The van der Waals surface area contributed by atoms with Crippen LogP contribution < -0.4 is 4.90 Å². The third-order valence-electron chi connectivity index (χ3n) is 2.79. The SMILES string of the molecule is CN(Cc1cccnc1)c1ccc(CO)c(Cl)c1. The lowest BCUT2D eigenvalue weighted by molar-refractivity contribution is 0.282. The van der Waals surface area contributed by atoms with Crippen LogP contribution >= 0.6 is 11.6 Å². The van der Waals surface area contributed by atoms with Gasteiger partial charge in [0.2, 0.25) is 0 Å². The number of anilines is 1. The Morgan fingerprint density at radius 3 is 2.78 bits per heavy atom. The average molecular weight is 263 g/mol. The van der Waals surface area contributed by atoms with Crippen LogP contribution in [0.5, 0.6) is 0 Å². The summed E-state index contributed by atoms with van der Waals surface area (Å²) < 4.78 is 0. The van der Waals surface area contributed by atoms with Gasteiger partial charge in [-0.2, -0.15) is 0 Å². The van der Waals surface area contributed by atoms with Gasteiger partial charge in [-0.3, -0.25) is 4.98 Å². The van der Waals surface area contributed by atoms with Gasteiger partial charge in [0.15, 0.2) is 0 Å². The van der Waals surface area contributed by atoms with Gasteiger partial charge in [-0.05, 0) is 29.3 Å². The van der Waals surface area contributed by atoms with Crippen LogP contribution in [0.15, 0.2) is 42.7 Å².